The maximum absolute atomic E-state index is 12.2. The van der Waals surface area contributed by atoms with Gasteiger partial charge in [-0.15, -0.1) is 0 Å². The fraction of sp³-hybridized carbons (Fsp3) is 0.167. The fourth-order valence-electron chi connectivity index (χ4n) is 2.07. The maximum atomic E-state index is 12.2. The number of ether oxygens (including phenoxy) is 3. The van der Waals surface area contributed by atoms with Crippen molar-refractivity contribution < 1.29 is 24.1 Å². The summed E-state index contributed by atoms with van der Waals surface area (Å²) in [5.74, 6) is 1.31. The number of hydrogen-bond donors (Lipinski definition) is 1. The zero-order chi connectivity index (χ0) is 16.8. The molecule has 0 saturated heterocycles. The van der Waals surface area contributed by atoms with E-state index in [2.05, 4.69) is 0 Å². The molecule has 0 heterocycles. The number of carbonyl (C=O) groups excluding carboxylic acids is 1. The second-order valence-electron chi connectivity index (χ2n) is 4.69. The molecule has 0 fully saturated rings. The fourth-order valence-corrected chi connectivity index (χ4v) is 2.07. The number of carbonyl (C=O) groups is 1. The zero-order valence-electron chi connectivity index (χ0n) is 13.2. The monoisotopic (exact) mass is 314 g/mol. The first-order valence-electron chi connectivity index (χ1n) is 6.90. The molecule has 0 aliphatic heterocycles. The Morgan fingerprint density at radius 2 is 1.61 bits per heavy atom. The lowest BCUT2D eigenvalue weighted by atomic mass is 10.1. The minimum Gasteiger partial charge on any atom is -0.507 e. The van der Waals surface area contributed by atoms with Gasteiger partial charge < -0.3 is 19.3 Å². The molecule has 0 spiro atoms. The van der Waals surface area contributed by atoms with E-state index < -0.39 is 0 Å². The van der Waals surface area contributed by atoms with E-state index in [0.717, 1.165) is 0 Å². The van der Waals surface area contributed by atoms with Gasteiger partial charge in [-0.1, -0.05) is 0 Å². The smallest absolute Gasteiger partial charge is 0.189 e. The molecule has 0 amide bonds. The summed E-state index contributed by atoms with van der Waals surface area (Å²) in [5.41, 5.74) is 0.900. The highest BCUT2D eigenvalue weighted by molar-refractivity contribution is 6.08. The maximum Gasteiger partial charge on any atom is 0.189 e. The molecule has 2 aromatic rings. The summed E-state index contributed by atoms with van der Waals surface area (Å²) < 4.78 is 15.4. The van der Waals surface area contributed by atoms with Gasteiger partial charge >= 0.3 is 0 Å². The van der Waals surface area contributed by atoms with E-state index in [1.54, 1.807) is 44.6 Å². The Morgan fingerprint density at radius 3 is 2.22 bits per heavy atom. The molecule has 0 unspecified atom stereocenters. The molecule has 0 radical (unpaired) electrons. The third-order valence-electron chi connectivity index (χ3n) is 3.32. The quantitative estimate of drug-likeness (QED) is 0.654. The molecule has 120 valence electrons. The van der Waals surface area contributed by atoms with Gasteiger partial charge in [-0.3, -0.25) is 4.79 Å². The van der Waals surface area contributed by atoms with Crippen LogP contribution in [-0.4, -0.2) is 32.2 Å². The third kappa shape index (κ3) is 3.83. The average molecular weight is 314 g/mol. The van der Waals surface area contributed by atoms with Gasteiger partial charge in [0.2, 0.25) is 0 Å². The van der Waals surface area contributed by atoms with Crippen molar-refractivity contribution in [1.29, 1.82) is 0 Å². The molecule has 23 heavy (non-hydrogen) atoms. The summed E-state index contributed by atoms with van der Waals surface area (Å²) in [6.45, 7) is 0. The highest BCUT2D eigenvalue weighted by Crippen LogP contribution is 2.27. The van der Waals surface area contributed by atoms with Gasteiger partial charge in [0.15, 0.2) is 5.78 Å². The first-order chi connectivity index (χ1) is 11.1. The lowest BCUT2D eigenvalue weighted by Gasteiger charge is -2.07. The first-order valence-corrected chi connectivity index (χ1v) is 6.90. The summed E-state index contributed by atoms with van der Waals surface area (Å²) in [5, 5.41) is 9.89. The van der Waals surface area contributed by atoms with Crippen molar-refractivity contribution in [3.05, 3.63) is 53.6 Å². The normalized spacial score (nSPS) is 10.6. The van der Waals surface area contributed by atoms with Crippen molar-refractivity contribution in [3.63, 3.8) is 0 Å². The first kappa shape index (κ1) is 16.4. The third-order valence-corrected chi connectivity index (χ3v) is 3.32. The largest absolute Gasteiger partial charge is 0.507 e. The summed E-state index contributed by atoms with van der Waals surface area (Å²) in [7, 11) is 4.61. The van der Waals surface area contributed by atoms with Gasteiger partial charge in [-0.25, -0.2) is 0 Å². The van der Waals surface area contributed by atoms with Crippen LogP contribution >= 0.6 is 0 Å². The number of allylic oxidation sites excluding steroid dienone is 1. The standard InChI is InChI=1S/C18H18O5/c1-21-13-6-9-18(23-3)12(10-13)4-8-16(19)15-7-5-14(22-2)11-17(15)20/h4-11,20H,1-3H3. The Kier molecular flexibility index (Phi) is 5.25. The molecule has 0 aliphatic carbocycles. The average Bonchev–Trinajstić information content (AvgIpc) is 2.59. The van der Waals surface area contributed by atoms with Gasteiger partial charge in [-0.2, -0.15) is 0 Å². The molecular weight excluding hydrogens is 296 g/mol. The highest BCUT2D eigenvalue weighted by Gasteiger charge is 2.10. The van der Waals surface area contributed by atoms with E-state index in [0.29, 0.717) is 22.8 Å². The Bertz CT molecular complexity index is 734. The van der Waals surface area contributed by atoms with Crippen LogP contribution in [0.25, 0.3) is 6.08 Å². The van der Waals surface area contributed by atoms with E-state index >= 15 is 0 Å². The molecule has 0 bridgehead atoms. The van der Waals surface area contributed by atoms with Gasteiger partial charge in [0.25, 0.3) is 0 Å². The van der Waals surface area contributed by atoms with Crippen LogP contribution in [0.3, 0.4) is 0 Å². The van der Waals surface area contributed by atoms with E-state index in [1.807, 2.05) is 0 Å². The van der Waals surface area contributed by atoms with Gasteiger partial charge in [-0.05, 0) is 42.5 Å². The van der Waals surface area contributed by atoms with Gasteiger partial charge in [0.1, 0.15) is 23.0 Å². The molecule has 5 nitrogen and oxygen atoms in total. The van der Waals surface area contributed by atoms with Crippen molar-refractivity contribution in [1.82, 2.24) is 0 Å². The number of aromatic hydroxyl groups is 1. The van der Waals surface area contributed by atoms with Crippen molar-refractivity contribution >= 4 is 11.9 Å². The highest BCUT2D eigenvalue weighted by atomic mass is 16.5. The second kappa shape index (κ2) is 7.35. The van der Waals surface area contributed by atoms with Crippen LogP contribution in [0.4, 0.5) is 0 Å². The summed E-state index contributed by atoms with van der Waals surface area (Å²) in [6.07, 6.45) is 2.99. The molecule has 2 aromatic carbocycles. The van der Waals surface area contributed by atoms with Crippen LogP contribution < -0.4 is 14.2 Å². The molecule has 5 heteroatoms. The number of hydrogen-bond acceptors (Lipinski definition) is 5. The predicted octanol–water partition coefficient (Wildman–Crippen LogP) is 3.31. The van der Waals surface area contributed by atoms with Crippen molar-refractivity contribution in [2.75, 3.05) is 21.3 Å². The van der Waals surface area contributed by atoms with Crippen LogP contribution in [0, 0.1) is 0 Å². The summed E-state index contributed by atoms with van der Waals surface area (Å²) >= 11 is 0. The van der Waals surface area contributed by atoms with E-state index in [1.165, 1.54) is 25.3 Å². The Labute approximate surface area is 134 Å². The SMILES string of the molecule is COc1ccc(C(=O)C=Cc2cc(OC)ccc2OC)c(O)c1. The summed E-state index contributed by atoms with van der Waals surface area (Å²) in [6, 6.07) is 9.82. The van der Waals surface area contributed by atoms with E-state index in [9.17, 15) is 9.90 Å². The topological polar surface area (TPSA) is 65.0 Å². The Hall–Kier alpha value is -2.95. The van der Waals surface area contributed by atoms with Crippen LogP contribution in [0.15, 0.2) is 42.5 Å². The van der Waals surface area contributed by atoms with Crippen molar-refractivity contribution in [2.45, 2.75) is 0 Å². The van der Waals surface area contributed by atoms with Crippen LogP contribution in [0.2, 0.25) is 0 Å². The van der Waals surface area contributed by atoms with Crippen LogP contribution in [-0.2, 0) is 0 Å². The molecule has 0 aliphatic rings. The number of ketones is 1. The van der Waals surface area contributed by atoms with E-state index in [-0.39, 0.29) is 17.1 Å². The van der Waals surface area contributed by atoms with Crippen LogP contribution in [0.1, 0.15) is 15.9 Å². The molecule has 0 saturated carbocycles. The van der Waals surface area contributed by atoms with Crippen molar-refractivity contribution in [2.24, 2.45) is 0 Å². The number of benzene rings is 2. The zero-order valence-corrected chi connectivity index (χ0v) is 13.2. The van der Waals surface area contributed by atoms with Gasteiger partial charge in [0.05, 0.1) is 26.9 Å². The number of phenols is 1. The minimum atomic E-state index is -0.324. The van der Waals surface area contributed by atoms with Crippen molar-refractivity contribution in [3.8, 4) is 23.0 Å². The molecule has 0 atom stereocenters. The molecule has 2 rings (SSSR count). The number of phenolic OH excluding ortho intramolecular Hbond substituents is 1. The molecule has 1 N–H and O–H groups in total. The lowest BCUT2D eigenvalue weighted by Crippen LogP contribution is -1.96. The Morgan fingerprint density at radius 1 is 0.957 bits per heavy atom. The molecule has 0 aromatic heterocycles. The minimum absolute atomic E-state index is 0.128. The predicted molar refractivity (Wildman–Crippen MR) is 87.6 cm³/mol. The second-order valence-corrected chi connectivity index (χ2v) is 4.69. The lowest BCUT2D eigenvalue weighted by molar-refractivity contribution is 0.104. The summed E-state index contributed by atoms with van der Waals surface area (Å²) in [4.78, 5) is 12.2. The van der Waals surface area contributed by atoms with E-state index in [4.69, 9.17) is 14.2 Å². The van der Waals surface area contributed by atoms with Gasteiger partial charge in [0, 0.05) is 11.6 Å². The van der Waals surface area contributed by atoms with Crippen LogP contribution in [0.5, 0.6) is 23.0 Å². The Balaban J connectivity index is 2.27. The number of rotatable bonds is 6. The number of methoxy groups -OCH3 is 3. The molecular formula is C18H18O5.